The third kappa shape index (κ3) is 8.71. The van der Waals surface area contributed by atoms with Crippen molar-refractivity contribution in [2.24, 2.45) is 17.8 Å². The summed E-state index contributed by atoms with van der Waals surface area (Å²) in [4.78, 5) is 0. The Hall–Kier alpha value is 0.350. The summed E-state index contributed by atoms with van der Waals surface area (Å²) in [6, 6.07) is 0. The molecular weight excluding hydrogens is 451 g/mol. The molecule has 4 heteroatoms. The summed E-state index contributed by atoms with van der Waals surface area (Å²) >= 11 is 2.49. The van der Waals surface area contributed by atoms with Gasteiger partial charge < -0.3 is 15.3 Å². The van der Waals surface area contributed by atoms with Crippen LogP contribution in [0, 0.1) is 17.8 Å². The number of hydrogen-bond acceptors (Lipinski definition) is 3. The molecular formula is C23H41IO3. The van der Waals surface area contributed by atoms with Crippen molar-refractivity contribution in [1.82, 2.24) is 0 Å². The van der Waals surface area contributed by atoms with E-state index >= 15 is 0 Å². The molecule has 0 radical (unpaired) electrons. The van der Waals surface area contributed by atoms with Crippen molar-refractivity contribution < 1.29 is 15.3 Å². The molecule has 0 heterocycles. The van der Waals surface area contributed by atoms with E-state index in [9.17, 15) is 15.3 Å². The summed E-state index contributed by atoms with van der Waals surface area (Å²) in [6.45, 7) is 2.24. The first-order chi connectivity index (χ1) is 13.0. The first-order valence-corrected chi connectivity index (χ1v) is 12.5. The molecule has 2 rings (SSSR count). The number of hydrogen-bond donors (Lipinski definition) is 3. The average Bonchev–Trinajstić information content (AvgIpc) is 2.68. The van der Waals surface area contributed by atoms with Gasteiger partial charge in [-0.15, -0.1) is 0 Å². The highest BCUT2D eigenvalue weighted by Crippen LogP contribution is 2.33. The van der Waals surface area contributed by atoms with Crippen molar-refractivity contribution in [3.63, 3.8) is 0 Å². The first kappa shape index (κ1) is 23.6. The summed E-state index contributed by atoms with van der Waals surface area (Å²) in [6.07, 6.45) is 16.8. The van der Waals surface area contributed by atoms with Crippen LogP contribution < -0.4 is 0 Å². The number of rotatable bonds is 11. The van der Waals surface area contributed by atoms with Crippen LogP contribution in [0.2, 0.25) is 0 Å². The molecule has 6 atom stereocenters. The molecule has 0 aromatic carbocycles. The maximum absolute atomic E-state index is 10.7. The van der Waals surface area contributed by atoms with Gasteiger partial charge in [-0.1, -0.05) is 67.3 Å². The van der Waals surface area contributed by atoms with Crippen molar-refractivity contribution >= 4 is 22.6 Å². The van der Waals surface area contributed by atoms with E-state index in [4.69, 9.17) is 0 Å². The van der Waals surface area contributed by atoms with Crippen molar-refractivity contribution in [2.45, 2.75) is 113 Å². The fourth-order valence-corrected chi connectivity index (χ4v) is 5.56. The molecule has 1 saturated carbocycles. The minimum absolute atomic E-state index is 0.164. The number of halogens is 1. The summed E-state index contributed by atoms with van der Waals surface area (Å²) in [5.74, 6) is 1.51. The Morgan fingerprint density at radius 2 is 1.70 bits per heavy atom. The smallest absolute Gasteiger partial charge is 0.0801 e. The summed E-state index contributed by atoms with van der Waals surface area (Å²) in [5, 5.41) is 31.4. The van der Waals surface area contributed by atoms with Crippen molar-refractivity contribution in [2.75, 3.05) is 0 Å². The molecule has 0 saturated heterocycles. The zero-order valence-corrected chi connectivity index (χ0v) is 19.3. The molecule has 0 spiro atoms. The molecule has 0 amide bonds. The third-order valence-electron chi connectivity index (χ3n) is 6.86. The Morgan fingerprint density at radius 3 is 2.33 bits per heavy atom. The normalized spacial score (nSPS) is 27.1. The van der Waals surface area contributed by atoms with Gasteiger partial charge in [-0.2, -0.15) is 0 Å². The van der Waals surface area contributed by atoms with E-state index in [-0.39, 0.29) is 6.10 Å². The monoisotopic (exact) mass is 492 g/mol. The number of aliphatic hydroxyl groups is 3. The second-order valence-electron chi connectivity index (χ2n) is 9.09. The van der Waals surface area contributed by atoms with Crippen LogP contribution in [0.1, 0.15) is 90.4 Å². The van der Waals surface area contributed by atoms with E-state index in [1.807, 2.05) is 0 Å². The minimum atomic E-state index is -0.607. The molecule has 158 valence electrons. The summed E-state index contributed by atoms with van der Waals surface area (Å²) in [5.41, 5.74) is 0. The molecule has 1 fully saturated rings. The van der Waals surface area contributed by atoms with E-state index in [1.165, 1.54) is 32.1 Å². The van der Waals surface area contributed by atoms with Gasteiger partial charge in [-0.05, 0) is 75.5 Å². The van der Waals surface area contributed by atoms with Crippen molar-refractivity contribution in [3.05, 3.63) is 12.2 Å². The van der Waals surface area contributed by atoms with Crippen LogP contribution in [0.25, 0.3) is 0 Å². The van der Waals surface area contributed by atoms with Gasteiger partial charge in [0.1, 0.15) is 0 Å². The Balaban J connectivity index is 1.68. The molecule has 3 unspecified atom stereocenters. The van der Waals surface area contributed by atoms with E-state index < -0.39 is 12.2 Å². The second-order valence-corrected chi connectivity index (χ2v) is 11.1. The lowest BCUT2D eigenvalue weighted by atomic mass is 9.80. The molecule has 0 aliphatic heterocycles. The Kier molecular flexibility index (Phi) is 11.2. The lowest BCUT2D eigenvalue weighted by Gasteiger charge is -2.30. The van der Waals surface area contributed by atoms with Gasteiger partial charge in [0.2, 0.25) is 0 Å². The molecule has 0 bridgehead atoms. The van der Waals surface area contributed by atoms with Crippen LogP contribution in [0.4, 0.5) is 0 Å². The Morgan fingerprint density at radius 1 is 0.963 bits per heavy atom. The van der Waals surface area contributed by atoms with Gasteiger partial charge in [0.25, 0.3) is 0 Å². The van der Waals surface area contributed by atoms with Crippen LogP contribution in [-0.4, -0.2) is 37.6 Å². The SMILES string of the molecule is C[C@@H](I)C(CCCC(O)[C@H](O)C[C@H]1CC=CCC1)CC(O)C1CCCCC1. The lowest BCUT2D eigenvalue weighted by molar-refractivity contribution is -0.00254. The fourth-order valence-electron chi connectivity index (χ4n) is 4.91. The summed E-state index contributed by atoms with van der Waals surface area (Å²) < 4.78 is 0.525. The van der Waals surface area contributed by atoms with Crippen LogP contribution in [0.3, 0.4) is 0 Å². The number of allylic oxidation sites excluding steroid dienone is 2. The predicted molar refractivity (Wildman–Crippen MR) is 121 cm³/mol. The van der Waals surface area contributed by atoms with Crippen molar-refractivity contribution in [3.8, 4) is 0 Å². The standard InChI is InChI=1S/C23H41IO3/c1-17(24)20(16-22(26)19-11-6-3-7-12-19)13-8-14-21(25)23(27)15-18-9-4-2-5-10-18/h2,4,17-23,25-27H,3,5-16H2,1H3/t17-,18+,20?,21?,22?,23-/m1/s1. The molecule has 3 N–H and O–H groups in total. The topological polar surface area (TPSA) is 60.7 Å². The van der Waals surface area contributed by atoms with E-state index in [2.05, 4.69) is 41.7 Å². The predicted octanol–water partition coefficient (Wildman–Crippen LogP) is 5.40. The highest BCUT2D eigenvalue weighted by atomic mass is 127. The van der Waals surface area contributed by atoms with Gasteiger partial charge in [-0.3, -0.25) is 0 Å². The second kappa shape index (κ2) is 12.8. The maximum atomic E-state index is 10.7. The van der Waals surface area contributed by atoms with E-state index in [0.717, 1.165) is 44.9 Å². The zero-order chi connectivity index (χ0) is 19.6. The minimum Gasteiger partial charge on any atom is -0.393 e. The lowest BCUT2D eigenvalue weighted by Crippen LogP contribution is -2.30. The van der Waals surface area contributed by atoms with Crippen LogP contribution in [0.5, 0.6) is 0 Å². The highest BCUT2D eigenvalue weighted by Gasteiger charge is 2.27. The van der Waals surface area contributed by atoms with Crippen LogP contribution in [0.15, 0.2) is 12.2 Å². The number of aliphatic hydroxyl groups excluding tert-OH is 3. The van der Waals surface area contributed by atoms with Gasteiger partial charge in [0, 0.05) is 3.92 Å². The zero-order valence-electron chi connectivity index (χ0n) is 17.1. The van der Waals surface area contributed by atoms with Crippen molar-refractivity contribution in [1.29, 1.82) is 0 Å². The maximum Gasteiger partial charge on any atom is 0.0801 e. The molecule has 2 aliphatic rings. The largest absolute Gasteiger partial charge is 0.393 e. The van der Waals surface area contributed by atoms with E-state index in [1.54, 1.807) is 0 Å². The Bertz CT molecular complexity index is 420. The molecule has 2 aliphatic carbocycles. The Labute approximate surface area is 180 Å². The van der Waals surface area contributed by atoms with Gasteiger partial charge in [0.15, 0.2) is 0 Å². The van der Waals surface area contributed by atoms with Crippen LogP contribution in [-0.2, 0) is 0 Å². The average molecular weight is 492 g/mol. The molecule has 3 nitrogen and oxygen atoms in total. The van der Waals surface area contributed by atoms with E-state index in [0.29, 0.717) is 28.1 Å². The first-order valence-electron chi connectivity index (χ1n) is 11.3. The third-order valence-corrected chi connectivity index (χ3v) is 7.88. The highest BCUT2D eigenvalue weighted by molar-refractivity contribution is 14.1. The molecule has 0 aromatic heterocycles. The molecule has 0 aromatic rings. The molecule has 27 heavy (non-hydrogen) atoms. The number of alkyl halides is 1. The van der Waals surface area contributed by atoms with Crippen LogP contribution >= 0.6 is 22.6 Å². The van der Waals surface area contributed by atoms with Gasteiger partial charge in [-0.25, -0.2) is 0 Å². The van der Waals surface area contributed by atoms with Gasteiger partial charge in [0.05, 0.1) is 18.3 Å². The summed E-state index contributed by atoms with van der Waals surface area (Å²) in [7, 11) is 0. The van der Waals surface area contributed by atoms with Gasteiger partial charge >= 0.3 is 0 Å². The fraction of sp³-hybridized carbons (Fsp3) is 0.913. The quantitative estimate of drug-likeness (QED) is 0.206.